The van der Waals surface area contributed by atoms with Crippen LogP contribution in [-0.2, 0) is 10.2 Å². The van der Waals surface area contributed by atoms with Crippen LogP contribution in [0, 0.1) is 6.92 Å². The van der Waals surface area contributed by atoms with Gasteiger partial charge in [0.25, 0.3) is 0 Å². The third-order valence-electron chi connectivity index (χ3n) is 4.92. The topological polar surface area (TPSA) is 38.3 Å². The van der Waals surface area contributed by atoms with Gasteiger partial charge in [0, 0.05) is 5.69 Å². The minimum Gasteiger partial charge on any atom is -0.494 e. The van der Waals surface area contributed by atoms with Crippen molar-refractivity contribution in [3.05, 3.63) is 59.7 Å². The zero-order valence-electron chi connectivity index (χ0n) is 14.5. The number of amides is 1. The van der Waals surface area contributed by atoms with Crippen LogP contribution < -0.4 is 10.1 Å². The summed E-state index contributed by atoms with van der Waals surface area (Å²) in [4.78, 5) is 13.1. The van der Waals surface area contributed by atoms with Gasteiger partial charge in [0.15, 0.2) is 0 Å². The molecule has 126 valence electrons. The van der Waals surface area contributed by atoms with Crippen molar-refractivity contribution in [2.45, 2.75) is 44.9 Å². The maximum Gasteiger partial charge on any atom is 0.235 e. The van der Waals surface area contributed by atoms with Crippen LogP contribution in [0.1, 0.15) is 43.7 Å². The van der Waals surface area contributed by atoms with E-state index in [9.17, 15) is 4.79 Å². The molecule has 0 atom stereocenters. The summed E-state index contributed by atoms with van der Waals surface area (Å²) in [5, 5.41) is 3.11. The van der Waals surface area contributed by atoms with Crippen molar-refractivity contribution >= 4 is 11.6 Å². The molecule has 0 radical (unpaired) electrons. The van der Waals surface area contributed by atoms with Gasteiger partial charge in [-0.1, -0.05) is 42.7 Å². The molecule has 1 saturated carbocycles. The predicted octanol–water partition coefficient (Wildman–Crippen LogP) is 4.84. The van der Waals surface area contributed by atoms with Crippen LogP contribution >= 0.6 is 0 Å². The number of hydrogen-bond donors (Lipinski definition) is 1. The molecular weight excluding hydrogens is 298 g/mol. The molecule has 1 aliphatic carbocycles. The molecule has 2 aromatic carbocycles. The molecule has 0 bridgehead atoms. The minimum atomic E-state index is -0.397. The van der Waals surface area contributed by atoms with Gasteiger partial charge in [0.05, 0.1) is 12.0 Å². The molecule has 0 aliphatic heterocycles. The highest BCUT2D eigenvalue weighted by Crippen LogP contribution is 2.42. The Balaban J connectivity index is 1.81. The van der Waals surface area contributed by atoms with Crippen LogP contribution in [0.5, 0.6) is 5.75 Å². The quantitative estimate of drug-likeness (QED) is 0.854. The monoisotopic (exact) mass is 323 g/mol. The number of carbonyl (C=O) groups is 1. The van der Waals surface area contributed by atoms with Gasteiger partial charge in [-0.25, -0.2) is 0 Å². The van der Waals surface area contributed by atoms with Crippen LogP contribution in [-0.4, -0.2) is 12.5 Å². The molecule has 0 heterocycles. The lowest BCUT2D eigenvalue weighted by Crippen LogP contribution is -2.37. The van der Waals surface area contributed by atoms with E-state index in [2.05, 4.69) is 36.5 Å². The number of anilines is 1. The maximum absolute atomic E-state index is 13.1. The van der Waals surface area contributed by atoms with E-state index in [0.29, 0.717) is 6.61 Å². The van der Waals surface area contributed by atoms with Gasteiger partial charge in [0.2, 0.25) is 5.91 Å². The van der Waals surface area contributed by atoms with Crippen molar-refractivity contribution in [1.29, 1.82) is 0 Å². The molecule has 1 N–H and O–H groups in total. The standard InChI is InChI=1S/C21H25NO2/c1-3-24-19-12-10-18(11-13-19)22-20(23)21(14-4-5-15-21)17-8-6-16(2)7-9-17/h6-13H,3-5,14-15H2,1-2H3,(H,22,23). The fourth-order valence-electron chi connectivity index (χ4n) is 3.55. The lowest BCUT2D eigenvalue weighted by molar-refractivity contribution is -0.121. The summed E-state index contributed by atoms with van der Waals surface area (Å²) < 4.78 is 5.45. The highest BCUT2D eigenvalue weighted by Gasteiger charge is 2.42. The zero-order chi connectivity index (χ0) is 17.0. The second-order valence-corrected chi connectivity index (χ2v) is 6.57. The summed E-state index contributed by atoms with van der Waals surface area (Å²) in [5.74, 6) is 0.928. The second-order valence-electron chi connectivity index (χ2n) is 6.57. The lowest BCUT2D eigenvalue weighted by Gasteiger charge is -2.28. The van der Waals surface area contributed by atoms with E-state index in [1.54, 1.807) is 0 Å². The summed E-state index contributed by atoms with van der Waals surface area (Å²) in [6, 6.07) is 16.0. The first kappa shape index (κ1) is 16.6. The van der Waals surface area contributed by atoms with Gasteiger partial charge < -0.3 is 10.1 Å². The van der Waals surface area contributed by atoms with Crippen LogP contribution in [0.4, 0.5) is 5.69 Å². The SMILES string of the molecule is CCOc1ccc(NC(=O)C2(c3ccc(C)cc3)CCCC2)cc1. The Morgan fingerprint density at radius 2 is 1.67 bits per heavy atom. The number of carbonyl (C=O) groups excluding carboxylic acids is 1. The van der Waals surface area contributed by atoms with E-state index in [1.165, 1.54) is 5.56 Å². The minimum absolute atomic E-state index is 0.105. The molecule has 0 spiro atoms. The third kappa shape index (κ3) is 3.30. The van der Waals surface area contributed by atoms with Gasteiger partial charge in [-0.2, -0.15) is 0 Å². The fourth-order valence-corrected chi connectivity index (χ4v) is 3.55. The Labute approximate surface area is 144 Å². The maximum atomic E-state index is 13.1. The zero-order valence-corrected chi connectivity index (χ0v) is 14.5. The lowest BCUT2D eigenvalue weighted by atomic mass is 9.77. The Bertz CT molecular complexity index is 683. The first-order valence-electron chi connectivity index (χ1n) is 8.75. The average molecular weight is 323 g/mol. The molecule has 0 unspecified atom stereocenters. The molecule has 2 aromatic rings. The van der Waals surface area contributed by atoms with E-state index < -0.39 is 5.41 Å². The van der Waals surface area contributed by atoms with Gasteiger partial charge in [-0.3, -0.25) is 4.79 Å². The van der Waals surface area contributed by atoms with Crippen LogP contribution in [0.15, 0.2) is 48.5 Å². The number of nitrogens with one attached hydrogen (secondary N) is 1. The van der Waals surface area contributed by atoms with Crippen molar-refractivity contribution < 1.29 is 9.53 Å². The molecule has 1 aliphatic rings. The molecule has 24 heavy (non-hydrogen) atoms. The van der Waals surface area contributed by atoms with Gasteiger partial charge in [-0.05, 0) is 56.5 Å². The van der Waals surface area contributed by atoms with Crippen molar-refractivity contribution in [3.63, 3.8) is 0 Å². The van der Waals surface area contributed by atoms with E-state index in [4.69, 9.17) is 4.74 Å². The Morgan fingerprint density at radius 1 is 1.04 bits per heavy atom. The van der Waals surface area contributed by atoms with Crippen molar-refractivity contribution in [1.82, 2.24) is 0 Å². The van der Waals surface area contributed by atoms with Crippen molar-refractivity contribution in [2.75, 3.05) is 11.9 Å². The first-order chi connectivity index (χ1) is 11.6. The molecule has 3 heteroatoms. The summed E-state index contributed by atoms with van der Waals surface area (Å²) in [6.07, 6.45) is 4.03. The number of benzene rings is 2. The highest BCUT2D eigenvalue weighted by atomic mass is 16.5. The van der Waals surface area contributed by atoms with E-state index in [1.807, 2.05) is 31.2 Å². The van der Waals surface area contributed by atoms with Crippen LogP contribution in [0.2, 0.25) is 0 Å². The molecule has 3 rings (SSSR count). The molecular formula is C21H25NO2. The molecule has 3 nitrogen and oxygen atoms in total. The molecule has 1 amide bonds. The van der Waals surface area contributed by atoms with Gasteiger partial charge >= 0.3 is 0 Å². The Kier molecular flexibility index (Phi) is 4.89. The van der Waals surface area contributed by atoms with Gasteiger partial charge in [-0.15, -0.1) is 0 Å². The van der Waals surface area contributed by atoms with E-state index in [0.717, 1.165) is 42.7 Å². The largest absolute Gasteiger partial charge is 0.494 e. The number of aryl methyl sites for hydroxylation is 1. The average Bonchev–Trinajstić information content (AvgIpc) is 3.08. The summed E-state index contributed by atoms with van der Waals surface area (Å²) >= 11 is 0. The summed E-state index contributed by atoms with van der Waals surface area (Å²) in [5.41, 5.74) is 2.78. The first-order valence-corrected chi connectivity index (χ1v) is 8.75. The third-order valence-corrected chi connectivity index (χ3v) is 4.92. The normalized spacial score (nSPS) is 15.9. The van der Waals surface area contributed by atoms with Crippen LogP contribution in [0.3, 0.4) is 0 Å². The van der Waals surface area contributed by atoms with E-state index in [-0.39, 0.29) is 5.91 Å². The van der Waals surface area contributed by atoms with Crippen molar-refractivity contribution in [2.24, 2.45) is 0 Å². The second kappa shape index (κ2) is 7.08. The Hall–Kier alpha value is -2.29. The Morgan fingerprint density at radius 3 is 2.25 bits per heavy atom. The van der Waals surface area contributed by atoms with Crippen LogP contribution in [0.25, 0.3) is 0 Å². The van der Waals surface area contributed by atoms with Gasteiger partial charge in [0.1, 0.15) is 5.75 Å². The number of hydrogen-bond acceptors (Lipinski definition) is 2. The number of rotatable bonds is 5. The molecule has 0 aromatic heterocycles. The fraction of sp³-hybridized carbons (Fsp3) is 0.381. The van der Waals surface area contributed by atoms with Crippen molar-refractivity contribution in [3.8, 4) is 5.75 Å². The van der Waals surface area contributed by atoms with E-state index >= 15 is 0 Å². The predicted molar refractivity (Wildman–Crippen MR) is 97.6 cm³/mol. The number of ether oxygens (including phenoxy) is 1. The summed E-state index contributed by atoms with van der Waals surface area (Å²) in [6.45, 7) is 4.68. The summed E-state index contributed by atoms with van der Waals surface area (Å²) in [7, 11) is 0. The molecule has 0 saturated heterocycles. The smallest absolute Gasteiger partial charge is 0.235 e. The molecule has 1 fully saturated rings. The highest BCUT2D eigenvalue weighted by molar-refractivity contribution is 5.99.